The monoisotopic (exact) mass is 426 g/mol. The lowest BCUT2D eigenvalue weighted by atomic mass is 10.0. The summed E-state index contributed by atoms with van der Waals surface area (Å²) in [5.41, 5.74) is 0.653. The number of rotatable bonds is 14. The zero-order valence-corrected chi connectivity index (χ0v) is 19.4. The number of unbranched alkanes of at least 4 members (excludes halogenated alkanes) is 2. The summed E-state index contributed by atoms with van der Waals surface area (Å²) in [6.07, 6.45) is 11.8. The summed E-state index contributed by atoms with van der Waals surface area (Å²) >= 11 is 0. The van der Waals surface area contributed by atoms with Gasteiger partial charge in [0.25, 0.3) is 0 Å². The molecule has 29 heavy (non-hydrogen) atoms. The maximum absolute atomic E-state index is 11.9. The first-order valence-electron chi connectivity index (χ1n) is 10.8. The quantitative estimate of drug-likeness (QED) is 0.341. The van der Waals surface area contributed by atoms with E-state index in [4.69, 9.17) is 14.3 Å². The molecule has 0 aromatic carbocycles. The van der Waals surface area contributed by atoms with E-state index in [0.717, 1.165) is 51.4 Å². The highest BCUT2D eigenvalue weighted by Crippen LogP contribution is 2.44. The lowest BCUT2D eigenvalue weighted by Gasteiger charge is -2.20. The Morgan fingerprint density at radius 1 is 1.00 bits per heavy atom. The van der Waals surface area contributed by atoms with E-state index in [1.807, 2.05) is 6.07 Å². The van der Waals surface area contributed by atoms with Crippen LogP contribution in [-0.2, 0) is 13.6 Å². The molecular weight excluding hydrogens is 387 g/mol. The number of pyridine rings is 1. The van der Waals surface area contributed by atoms with Gasteiger partial charge in [-0.15, -0.1) is 0 Å². The molecule has 2 unspecified atom stereocenters. The van der Waals surface area contributed by atoms with Crippen LogP contribution in [0.5, 0.6) is 0 Å². The average molecular weight is 427 g/mol. The Morgan fingerprint density at radius 3 is 1.76 bits per heavy atom. The second-order valence-corrected chi connectivity index (χ2v) is 8.69. The van der Waals surface area contributed by atoms with Crippen LogP contribution in [-0.4, -0.2) is 23.1 Å². The molecule has 0 radical (unpaired) electrons. The van der Waals surface area contributed by atoms with Crippen LogP contribution in [0.25, 0.3) is 0 Å². The van der Waals surface area contributed by atoms with E-state index in [-0.39, 0.29) is 0 Å². The van der Waals surface area contributed by atoms with Crippen molar-refractivity contribution in [2.75, 3.05) is 13.2 Å². The summed E-state index contributed by atoms with van der Waals surface area (Å²) in [6, 6.07) is 5.32. The number of nitrogens with zero attached hydrogens (tertiary/aromatic N) is 2. The highest BCUT2D eigenvalue weighted by atomic mass is 31.2. The molecule has 0 fully saturated rings. The van der Waals surface area contributed by atoms with Gasteiger partial charge in [0, 0.05) is 12.4 Å². The van der Waals surface area contributed by atoms with Gasteiger partial charge in [-0.3, -0.25) is 14.0 Å². The van der Waals surface area contributed by atoms with E-state index >= 15 is 0 Å². The molecule has 2 atom stereocenters. The minimum absolute atomic E-state index is 0.316. The third kappa shape index (κ3) is 15.3. The number of phosphoric acid groups is 1. The highest BCUT2D eigenvalue weighted by molar-refractivity contribution is 7.47. The Hall–Kier alpha value is -1.25. The van der Waals surface area contributed by atoms with Crippen molar-refractivity contribution in [3.05, 3.63) is 30.1 Å². The normalized spacial score (nSPS) is 14.8. The van der Waals surface area contributed by atoms with Gasteiger partial charge in [-0.05, 0) is 36.8 Å². The smallest absolute Gasteiger partial charge is 0.302 e. The van der Waals surface area contributed by atoms with Crippen LogP contribution in [0, 0.1) is 23.2 Å². The molecule has 0 saturated heterocycles. The highest BCUT2D eigenvalue weighted by Gasteiger charge is 2.24. The van der Waals surface area contributed by atoms with Gasteiger partial charge in [0.2, 0.25) is 0 Å². The number of hydrogen-bond acceptors (Lipinski definition) is 5. The molecule has 1 aromatic heterocycles. The Balaban J connectivity index is 0.000000807. The maximum Gasteiger partial charge on any atom is 0.472 e. The first-order chi connectivity index (χ1) is 13.9. The largest absolute Gasteiger partial charge is 0.472 e. The fourth-order valence-corrected chi connectivity index (χ4v) is 3.53. The first kappa shape index (κ1) is 27.8. The van der Waals surface area contributed by atoms with Gasteiger partial charge in [0.15, 0.2) is 0 Å². The summed E-state index contributed by atoms with van der Waals surface area (Å²) in [4.78, 5) is 13.5. The predicted octanol–water partition coefficient (Wildman–Crippen LogP) is 6.51. The van der Waals surface area contributed by atoms with Crippen molar-refractivity contribution in [2.24, 2.45) is 11.8 Å². The molecule has 0 aliphatic carbocycles. The fraction of sp³-hybridized carbons (Fsp3) is 0.727. The lowest BCUT2D eigenvalue weighted by Crippen LogP contribution is -2.12. The van der Waals surface area contributed by atoms with E-state index in [1.165, 1.54) is 0 Å². The number of phosphoric ester groups is 1. The third-order valence-corrected chi connectivity index (χ3v) is 5.79. The molecule has 0 aliphatic rings. The maximum atomic E-state index is 11.9. The van der Waals surface area contributed by atoms with E-state index in [9.17, 15) is 9.46 Å². The standard InChI is InChI=1S/C16H35O4P.C6H4N2/c1-5-9-11-15(7-3)13-19-21(17,18)20-14-16(8-4)12-10-6-2;7-5-6-1-3-8-4-2-6/h15-16H,5-14H2,1-4H3,(H,17,18);1-4H. The zero-order chi connectivity index (χ0) is 22.0. The molecule has 0 bridgehead atoms. The van der Waals surface area contributed by atoms with Crippen LogP contribution in [0.2, 0.25) is 0 Å². The second kappa shape index (κ2) is 17.6. The van der Waals surface area contributed by atoms with Gasteiger partial charge < -0.3 is 4.89 Å². The van der Waals surface area contributed by atoms with Crippen molar-refractivity contribution in [1.29, 1.82) is 5.26 Å². The van der Waals surface area contributed by atoms with Gasteiger partial charge in [-0.2, -0.15) is 5.26 Å². The van der Waals surface area contributed by atoms with Crippen molar-refractivity contribution in [2.45, 2.75) is 79.1 Å². The van der Waals surface area contributed by atoms with Crippen LogP contribution in [0.15, 0.2) is 24.5 Å². The predicted molar refractivity (Wildman–Crippen MR) is 117 cm³/mol. The molecule has 0 aliphatic heterocycles. The minimum atomic E-state index is -3.89. The summed E-state index contributed by atoms with van der Waals surface area (Å²) in [6.45, 7) is 9.10. The van der Waals surface area contributed by atoms with Crippen LogP contribution in [0.4, 0.5) is 0 Å². The second-order valence-electron chi connectivity index (χ2n) is 7.24. The Labute approximate surface area is 177 Å². The van der Waals surface area contributed by atoms with Gasteiger partial charge in [0.1, 0.15) is 0 Å². The zero-order valence-electron chi connectivity index (χ0n) is 18.5. The van der Waals surface area contributed by atoms with E-state index in [1.54, 1.807) is 24.5 Å². The summed E-state index contributed by atoms with van der Waals surface area (Å²) in [5, 5.41) is 8.26. The van der Waals surface area contributed by atoms with Gasteiger partial charge in [-0.25, -0.2) is 4.57 Å². The molecular formula is C22H39N2O4P. The topological polar surface area (TPSA) is 92.4 Å². The lowest BCUT2D eigenvalue weighted by molar-refractivity contribution is 0.110. The Morgan fingerprint density at radius 2 is 1.45 bits per heavy atom. The molecule has 1 heterocycles. The van der Waals surface area contributed by atoms with Crippen molar-refractivity contribution in [1.82, 2.24) is 4.98 Å². The number of hydrogen-bond donors (Lipinski definition) is 1. The van der Waals surface area contributed by atoms with Crippen LogP contribution in [0.3, 0.4) is 0 Å². The molecule has 0 amide bonds. The third-order valence-electron chi connectivity index (χ3n) is 4.84. The molecule has 6 nitrogen and oxygen atoms in total. The molecule has 7 heteroatoms. The van der Waals surface area contributed by atoms with Crippen LogP contribution < -0.4 is 0 Å². The van der Waals surface area contributed by atoms with Crippen LogP contribution >= 0.6 is 7.82 Å². The SMILES string of the molecule is CCCCC(CC)COP(=O)(O)OCC(CC)CCCC.N#Cc1ccncc1. The van der Waals surface area contributed by atoms with Crippen molar-refractivity contribution >= 4 is 7.82 Å². The van der Waals surface area contributed by atoms with Gasteiger partial charge in [-0.1, -0.05) is 66.2 Å². The van der Waals surface area contributed by atoms with Crippen molar-refractivity contribution < 1.29 is 18.5 Å². The molecule has 1 rings (SSSR count). The molecule has 0 spiro atoms. The summed E-state index contributed by atoms with van der Waals surface area (Å²) in [5.74, 6) is 0.687. The number of aromatic nitrogens is 1. The van der Waals surface area contributed by atoms with Gasteiger partial charge in [0.05, 0.1) is 24.8 Å². The minimum Gasteiger partial charge on any atom is -0.302 e. The van der Waals surface area contributed by atoms with Crippen molar-refractivity contribution in [3.63, 3.8) is 0 Å². The van der Waals surface area contributed by atoms with Gasteiger partial charge >= 0.3 is 7.82 Å². The van der Waals surface area contributed by atoms with E-state index < -0.39 is 7.82 Å². The number of nitriles is 1. The first-order valence-corrected chi connectivity index (χ1v) is 12.3. The molecule has 1 aromatic rings. The Kier molecular flexibility index (Phi) is 16.8. The summed E-state index contributed by atoms with van der Waals surface area (Å²) < 4.78 is 22.2. The van der Waals surface area contributed by atoms with Crippen LogP contribution in [0.1, 0.15) is 84.6 Å². The Bertz CT molecular complexity index is 568. The summed E-state index contributed by atoms with van der Waals surface area (Å²) in [7, 11) is -3.89. The molecule has 166 valence electrons. The average Bonchev–Trinajstić information content (AvgIpc) is 2.75. The molecule has 0 saturated carbocycles. The fourth-order valence-electron chi connectivity index (χ4n) is 2.66. The van der Waals surface area contributed by atoms with E-state index in [0.29, 0.717) is 30.6 Å². The van der Waals surface area contributed by atoms with Crippen molar-refractivity contribution in [3.8, 4) is 6.07 Å². The molecule has 1 N–H and O–H groups in total. The van der Waals surface area contributed by atoms with E-state index in [2.05, 4.69) is 32.7 Å².